The Morgan fingerprint density at radius 2 is 2.00 bits per heavy atom. The van der Waals surface area contributed by atoms with Gasteiger partial charge in [0.05, 0.1) is 22.9 Å². The van der Waals surface area contributed by atoms with E-state index in [-0.39, 0.29) is 12.0 Å². The molecule has 1 saturated heterocycles. The van der Waals surface area contributed by atoms with E-state index in [2.05, 4.69) is 5.32 Å². The van der Waals surface area contributed by atoms with Gasteiger partial charge in [0, 0.05) is 29.1 Å². The summed E-state index contributed by atoms with van der Waals surface area (Å²) in [6, 6.07) is 17.0. The number of amides is 1. The summed E-state index contributed by atoms with van der Waals surface area (Å²) in [5.41, 5.74) is 3.09. The minimum absolute atomic E-state index is 0.102. The summed E-state index contributed by atoms with van der Waals surface area (Å²) in [5, 5.41) is 4.52. The zero-order valence-corrected chi connectivity index (χ0v) is 15.0. The molecule has 0 unspecified atom stereocenters. The number of hydrogen-bond acceptors (Lipinski definition) is 3. The molecular weight excluding hydrogens is 348 g/mol. The molecule has 26 heavy (non-hydrogen) atoms. The predicted molar refractivity (Wildman–Crippen MR) is 103 cm³/mol. The number of benzene rings is 2. The molecule has 0 bridgehead atoms. The van der Waals surface area contributed by atoms with Gasteiger partial charge < -0.3 is 10.1 Å². The van der Waals surface area contributed by atoms with Crippen LogP contribution in [-0.2, 0) is 4.74 Å². The first-order valence-electron chi connectivity index (χ1n) is 8.76. The zero-order chi connectivity index (χ0) is 17.9. The molecule has 2 aromatic carbocycles. The van der Waals surface area contributed by atoms with E-state index in [1.165, 1.54) is 0 Å². The van der Waals surface area contributed by atoms with Crippen molar-refractivity contribution in [2.45, 2.75) is 18.9 Å². The van der Waals surface area contributed by atoms with Crippen LogP contribution in [0.25, 0.3) is 22.2 Å². The number of aromatic nitrogens is 1. The zero-order valence-electron chi connectivity index (χ0n) is 14.2. The number of carbonyl (C=O) groups excluding carboxylic acids is 1. The third kappa shape index (κ3) is 3.57. The minimum atomic E-state index is -0.102. The lowest BCUT2D eigenvalue weighted by molar-refractivity contribution is 0.0859. The molecule has 1 aromatic heterocycles. The molecule has 5 heteroatoms. The van der Waals surface area contributed by atoms with E-state index < -0.39 is 0 Å². The molecule has 1 aliphatic heterocycles. The van der Waals surface area contributed by atoms with Crippen molar-refractivity contribution < 1.29 is 9.53 Å². The Hall–Kier alpha value is -2.43. The Balaban J connectivity index is 1.69. The van der Waals surface area contributed by atoms with Gasteiger partial charge in [-0.1, -0.05) is 41.9 Å². The number of carbonyl (C=O) groups is 1. The summed E-state index contributed by atoms with van der Waals surface area (Å²) in [7, 11) is 0. The third-order valence-electron chi connectivity index (χ3n) is 4.62. The maximum Gasteiger partial charge on any atom is 0.252 e. The van der Waals surface area contributed by atoms with Crippen molar-refractivity contribution in [2.24, 2.45) is 0 Å². The smallest absolute Gasteiger partial charge is 0.252 e. The molecule has 132 valence electrons. The van der Waals surface area contributed by atoms with E-state index in [0.29, 0.717) is 17.1 Å². The number of fused-ring (bicyclic) bond motifs is 1. The van der Waals surface area contributed by atoms with Gasteiger partial charge in [0.2, 0.25) is 0 Å². The van der Waals surface area contributed by atoms with Crippen LogP contribution < -0.4 is 5.32 Å². The number of nitrogens with one attached hydrogen (secondary N) is 1. The van der Waals surface area contributed by atoms with Crippen molar-refractivity contribution >= 4 is 28.4 Å². The van der Waals surface area contributed by atoms with Crippen molar-refractivity contribution in [1.82, 2.24) is 10.3 Å². The number of para-hydroxylation sites is 1. The fraction of sp³-hybridized carbons (Fsp3) is 0.238. The molecule has 1 N–H and O–H groups in total. The van der Waals surface area contributed by atoms with Crippen LogP contribution in [0.2, 0.25) is 5.02 Å². The van der Waals surface area contributed by atoms with Crippen molar-refractivity contribution in [1.29, 1.82) is 0 Å². The summed E-state index contributed by atoms with van der Waals surface area (Å²) >= 11 is 5.98. The average Bonchev–Trinajstić information content (AvgIpc) is 3.19. The van der Waals surface area contributed by atoms with Crippen LogP contribution >= 0.6 is 11.6 Å². The molecule has 1 aliphatic rings. The number of nitrogens with zero attached hydrogens (tertiary/aromatic N) is 1. The number of pyridine rings is 1. The van der Waals surface area contributed by atoms with Crippen LogP contribution in [0.4, 0.5) is 0 Å². The van der Waals surface area contributed by atoms with Gasteiger partial charge in [-0.25, -0.2) is 4.98 Å². The second-order valence-electron chi connectivity index (χ2n) is 6.42. The van der Waals surface area contributed by atoms with Crippen LogP contribution in [0.1, 0.15) is 23.2 Å². The molecule has 1 fully saturated rings. The Morgan fingerprint density at radius 1 is 1.19 bits per heavy atom. The number of ether oxygens (including phenoxy) is 1. The standard InChI is InChI=1S/C21H19ClN2O2/c22-15-9-7-14(8-10-15)20-12-18(17-5-1-2-6-19(17)24-20)21(25)23-13-16-4-3-11-26-16/h1-2,5-10,12,16H,3-4,11,13H2,(H,23,25)/t16-/m0/s1. The number of hydrogen-bond donors (Lipinski definition) is 1. The second kappa shape index (κ2) is 7.44. The van der Waals surface area contributed by atoms with E-state index in [1.807, 2.05) is 54.6 Å². The van der Waals surface area contributed by atoms with Crippen molar-refractivity contribution in [3.63, 3.8) is 0 Å². The summed E-state index contributed by atoms with van der Waals surface area (Å²) in [6.45, 7) is 1.31. The molecular formula is C21H19ClN2O2. The lowest BCUT2D eigenvalue weighted by Gasteiger charge is -2.13. The molecule has 0 spiro atoms. The first-order chi connectivity index (χ1) is 12.7. The molecule has 0 radical (unpaired) electrons. The fourth-order valence-corrected chi connectivity index (χ4v) is 3.36. The monoisotopic (exact) mass is 366 g/mol. The lowest BCUT2D eigenvalue weighted by atomic mass is 10.0. The van der Waals surface area contributed by atoms with E-state index in [4.69, 9.17) is 21.3 Å². The molecule has 0 aliphatic carbocycles. The summed E-state index contributed by atoms with van der Waals surface area (Å²) in [4.78, 5) is 17.5. The van der Waals surface area contributed by atoms with Crippen molar-refractivity contribution in [2.75, 3.05) is 13.2 Å². The Morgan fingerprint density at radius 3 is 2.77 bits per heavy atom. The normalized spacial score (nSPS) is 16.7. The highest BCUT2D eigenvalue weighted by Crippen LogP contribution is 2.26. The maximum atomic E-state index is 12.8. The largest absolute Gasteiger partial charge is 0.376 e. The minimum Gasteiger partial charge on any atom is -0.376 e. The third-order valence-corrected chi connectivity index (χ3v) is 4.87. The van der Waals surface area contributed by atoms with Crippen LogP contribution in [0.3, 0.4) is 0 Å². The van der Waals surface area contributed by atoms with E-state index >= 15 is 0 Å². The maximum absolute atomic E-state index is 12.8. The van der Waals surface area contributed by atoms with Crippen LogP contribution in [0.15, 0.2) is 54.6 Å². The molecule has 4 rings (SSSR count). The molecule has 4 nitrogen and oxygen atoms in total. The molecule has 0 saturated carbocycles. The molecule has 1 atom stereocenters. The number of rotatable bonds is 4. The van der Waals surface area contributed by atoms with Gasteiger partial charge in [-0.05, 0) is 37.1 Å². The van der Waals surface area contributed by atoms with Crippen molar-refractivity contribution in [3.8, 4) is 11.3 Å². The van der Waals surface area contributed by atoms with Gasteiger partial charge in [-0.2, -0.15) is 0 Å². The van der Waals surface area contributed by atoms with Crippen LogP contribution in [0.5, 0.6) is 0 Å². The summed E-state index contributed by atoms with van der Waals surface area (Å²) in [5.74, 6) is -0.102. The van der Waals surface area contributed by atoms with Gasteiger partial charge in [-0.15, -0.1) is 0 Å². The van der Waals surface area contributed by atoms with Gasteiger partial charge >= 0.3 is 0 Å². The van der Waals surface area contributed by atoms with Crippen LogP contribution in [-0.4, -0.2) is 30.1 Å². The SMILES string of the molecule is O=C(NC[C@@H]1CCCO1)c1cc(-c2ccc(Cl)cc2)nc2ccccc12. The first-order valence-corrected chi connectivity index (χ1v) is 9.14. The van der Waals surface area contributed by atoms with Crippen LogP contribution in [0, 0.1) is 0 Å². The van der Waals surface area contributed by atoms with Crippen molar-refractivity contribution in [3.05, 3.63) is 65.2 Å². The fourth-order valence-electron chi connectivity index (χ4n) is 3.24. The molecule has 3 aromatic rings. The molecule has 2 heterocycles. The summed E-state index contributed by atoms with van der Waals surface area (Å²) in [6.07, 6.45) is 2.16. The summed E-state index contributed by atoms with van der Waals surface area (Å²) < 4.78 is 5.59. The van der Waals surface area contributed by atoms with Gasteiger partial charge in [-0.3, -0.25) is 4.79 Å². The van der Waals surface area contributed by atoms with E-state index in [1.54, 1.807) is 0 Å². The first kappa shape index (κ1) is 17.0. The van der Waals surface area contributed by atoms with Gasteiger partial charge in [0.15, 0.2) is 0 Å². The lowest BCUT2D eigenvalue weighted by Crippen LogP contribution is -2.31. The Labute approximate surface area is 157 Å². The highest BCUT2D eigenvalue weighted by molar-refractivity contribution is 6.30. The van der Waals surface area contributed by atoms with E-state index in [0.717, 1.165) is 41.6 Å². The highest BCUT2D eigenvalue weighted by atomic mass is 35.5. The van der Waals surface area contributed by atoms with Gasteiger partial charge in [0.1, 0.15) is 0 Å². The topological polar surface area (TPSA) is 51.2 Å². The quantitative estimate of drug-likeness (QED) is 0.741. The Kier molecular flexibility index (Phi) is 4.87. The predicted octanol–water partition coefficient (Wildman–Crippen LogP) is 4.46. The Bertz CT molecular complexity index is 934. The second-order valence-corrected chi connectivity index (χ2v) is 6.86. The number of halogens is 1. The highest BCUT2D eigenvalue weighted by Gasteiger charge is 2.18. The average molecular weight is 367 g/mol. The molecule has 1 amide bonds. The van der Waals surface area contributed by atoms with Gasteiger partial charge in [0.25, 0.3) is 5.91 Å². The van der Waals surface area contributed by atoms with E-state index in [9.17, 15) is 4.79 Å².